The molecule has 0 unspecified atom stereocenters. The van der Waals surface area contributed by atoms with Crippen molar-refractivity contribution in [3.05, 3.63) is 71.8 Å². The first-order valence-electron chi connectivity index (χ1n) is 10.3. The number of nitrogens with one attached hydrogen (secondary N) is 1. The molecule has 0 atom stereocenters. The van der Waals surface area contributed by atoms with E-state index in [1.54, 1.807) is 44.2 Å². The number of hydrogen-bond donors (Lipinski definition) is 1. The number of rotatable bonds is 6. The van der Waals surface area contributed by atoms with Crippen LogP contribution in [0.4, 0.5) is 5.69 Å². The van der Waals surface area contributed by atoms with Gasteiger partial charge < -0.3 is 14.8 Å². The highest BCUT2D eigenvalue weighted by molar-refractivity contribution is 7.89. The number of fused-ring (bicyclic) bond motifs is 2. The summed E-state index contributed by atoms with van der Waals surface area (Å²) in [6.45, 7) is 5.97. The monoisotopic (exact) mass is 452 g/mol. The topological polar surface area (TPSA) is 84.9 Å². The molecule has 1 aliphatic rings. The summed E-state index contributed by atoms with van der Waals surface area (Å²) in [5.74, 6) is 0.831. The third kappa shape index (κ3) is 3.94. The third-order valence-electron chi connectivity index (χ3n) is 5.28. The molecular weight excluding hydrogens is 428 g/mol. The summed E-state index contributed by atoms with van der Waals surface area (Å²) in [6.07, 6.45) is 0. The van der Waals surface area contributed by atoms with Crippen molar-refractivity contribution in [1.29, 1.82) is 0 Å². The van der Waals surface area contributed by atoms with Crippen molar-refractivity contribution in [1.82, 2.24) is 4.31 Å². The Morgan fingerprint density at radius 3 is 2.34 bits per heavy atom. The van der Waals surface area contributed by atoms with Gasteiger partial charge in [0.1, 0.15) is 16.4 Å². The van der Waals surface area contributed by atoms with Crippen LogP contribution in [0.25, 0.3) is 0 Å². The largest absolute Gasteiger partial charge is 0.456 e. The fourth-order valence-electron chi connectivity index (χ4n) is 3.54. The SMILES string of the molecule is CCN(CC)S(=O)(=O)c1cc2c(cc1Oc1ccccc1C)Oc1ccccc1NC2=O. The summed E-state index contributed by atoms with van der Waals surface area (Å²) in [5.41, 5.74) is 1.46. The molecule has 0 aromatic heterocycles. The number of nitrogens with zero attached hydrogens (tertiary/aromatic N) is 1. The second-order valence-corrected chi connectivity index (χ2v) is 9.21. The molecule has 7 nitrogen and oxygen atoms in total. The zero-order valence-electron chi connectivity index (χ0n) is 18.1. The number of anilines is 1. The predicted octanol–water partition coefficient (Wildman–Crippen LogP) is 5.18. The summed E-state index contributed by atoms with van der Waals surface area (Å²) < 4.78 is 40.3. The number of aryl methyl sites for hydroxylation is 1. The van der Waals surface area contributed by atoms with Crippen LogP contribution in [0.1, 0.15) is 29.8 Å². The van der Waals surface area contributed by atoms with Crippen molar-refractivity contribution in [2.24, 2.45) is 0 Å². The molecular formula is C24H24N2O5S. The molecule has 0 spiro atoms. The lowest BCUT2D eigenvalue weighted by atomic mass is 10.1. The standard InChI is InChI=1S/C24H24N2O5S/c1-4-26(5-2)32(28,29)23-14-17-21(15-22(23)30-19-12-8-6-10-16(19)3)31-20-13-9-7-11-18(20)25-24(17)27/h6-15H,4-5H2,1-3H3,(H,25,27). The van der Waals surface area contributed by atoms with Crippen LogP contribution in [-0.2, 0) is 10.0 Å². The highest BCUT2D eigenvalue weighted by atomic mass is 32.2. The highest BCUT2D eigenvalue weighted by Crippen LogP contribution is 2.42. The van der Waals surface area contributed by atoms with E-state index in [0.717, 1.165) is 5.56 Å². The summed E-state index contributed by atoms with van der Waals surface area (Å²) >= 11 is 0. The van der Waals surface area contributed by atoms with Crippen LogP contribution >= 0.6 is 0 Å². The van der Waals surface area contributed by atoms with Crippen molar-refractivity contribution in [3.63, 3.8) is 0 Å². The van der Waals surface area contributed by atoms with Gasteiger partial charge in [-0.2, -0.15) is 4.31 Å². The van der Waals surface area contributed by atoms with Gasteiger partial charge in [0.15, 0.2) is 11.5 Å². The third-order valence-corrected chi connectivity index (χ3v) is 7.35. The second kappa shape index (κ2) is 8.64. The summed E-state index contributed by atoms with van der Waals surface area (Å²) in [5, 5.41) is 2.78. The van der Waals surface area contributed by atoms with E-state index in [1.165, 1.54) is 16.4 Å². The van der Waals surface area contributed by atoms with Crippen molar-refractivity contribution in [2.45, 2.75) is 25.7 Å². The number of hydrogen-bond acceptors (Lipinski definition) is 5. The minimum atomic E-state index is -3.93. The fraction of sp³-hybridized carbons (Fsp3) is 0.208. The van der Waals surface area contributed by atoms with E-state index in [2.05, 4.69) is 5.32 Å². The van der Waals surface area contributed by atoms with Gasteiger partial charge in [-0.3, -0.25) is 4.79 Å². The maximum absolute atomic E-state index is 13.5. The van der Waals surface area contributed by atoms with E-state index in [-0.39, 0.29) is 35.0 Å². The minimum Gasteiger partial charge on any atom is -0.456 e. The second-order valence-electron chi connectivity index (χ2n) is 7.30. The van der Waals surface area contributed by atoms with Gasteiger partial charge in [0.2, 0.25) is 10.0 Å². The Morgan fingerprint density at radius 1 is 0.938 bits per heavy atom. The van der Waals surface area contributed by atoms with Gasteiger partial charge in [-0.15, -0.1) is 0 Å². The molecule has 0 bridgehead atoms. The number of ether oxygens (including phenoxy) is 2. The maximum atomic E-state index is 13.5. The first-order chi connectivity index (χ1) is 15.3. The van der Waals surface area contributed by atoms with Gasteiger partial charge in [-0.25, -0.2) is 8.42 Å². The van der Waals surface area contributed by atoms with E-state index >= 15 is 0 Å². The van der Waals surface area contributed by atoms with Crippen molar-refractivity contribution in [3.8, 4) is 23.0 Å². The first kappa shape index (κ1) is 21.9. The predicted molar refractivity (Wildman–Crippen MR) is 122 cm³/mol. The van der Waals surface area contributed by atoms with Gasteiger partial charge >= 0.3 is 0 Å². The van der Waals surface area contributed by atoms with Gasteiger partial charge in [0.25, 0.3) is 5.91 Å². The van der Waals surface area contributed by atoms with Crippen LogP contribution < -0.4 is 14.8 Å². The van der Waals surface area contributed by atoms with Gasteiger partial charge in [-0.05, 0) is 36.8 Å². The average Bonchev–Trinajstić information content (AvgIpc) is 2.90. The molecule has 1 N–H and O–H groups in total. The van der Waals surface area contributed by atoms with Gasteiger partial charge in [-0.1, -0.05) is 44.2 Å². The Balaban J connectivity index is 1.92. The van der Waals surface area contributed by atoms with Crippen molar-refractivity contribution in [2.75, 3.05) is 18.4 Å². The Hall–Kier alpha value is -3.36. The quantitative estimate of drug-likeness (QED) is 0.557. The van der Waals surface area contributed by atoms with Crippen LogP contribution in [0.3, 0.4) is 0 Å². The molecule has 3 aromatic carbocycles. The smallest absolute Gasteiger partial charge is 0.259 e. The summed E-state index contributed by atoms with van der Waals surface area (Å²) in [4.78, 5) is 12.8. The molecule has 0 saturated heterocycles. The number of carbonyl (C=O) groups excluding carboxylic acids is 1. The number of carbonyl (C=O) groups is 1. The summed E-state index contributed by atoms with van der Waals surface area (Å²) in [6, 6.07) is 17.1. The number of sulfonamides is 1. The lowest BCUT2D eigenvalue weighted by Gasteiger charge is -2.22. The maximum Gasteiger partial charge on any atom is 0.259 e. The molecule has 0 saturated carbocycles. The molecule has 3 aromatic rings. The normalized spacial score (nSPS) is 12.9. The minimum absolute atomic E-state index is 0.0899. The van der Waals surface area contributed by atoms with E-state index in [0.29, 0.717) is 17.2 Å². The molecule has 166 valence electrons. The number of para-hydroxylation sites is 3. The zero-order chi connectivity index (χ0) is 22.9. The van der Waals surface area contributed by atoms with Crippen LogP contribution in [0, 0.1) is 6.92 Å². The lowest BCUT2D eigenvalue weighted by molar-refractivity contribution is 0.102. The fourth-order valence-corrected chi connectivity index (χ4v) is 5.12. The zero-order valence-corrected chi connectivity index (χ0v) is 18.9. The molecule has 4 rings (SSSR count). The molecule has 1 heterocycles. The van der Waals surface area contributed by atoms with Crippen LogP contribution in [0.15, 0.2) is 65.6 Å². The molecule has 1 aliphatic heterocycles. The number of benzene rings is 3. The van der Waals surface area contributed by atoms with E-state index in [9.17, 15) is 13.2 Å². The molecule has 0 radical (unpaired) electrons. The highest BCUT2D eigenvalue weighted by Gasteiger charge is 2.31. The average molecular weight is 453 g/mol. The van der Waals surface area contributed by atoms with Crippen LogP contribution in [0.5, 0.6) is 23.0 Å². The van der Waals surface area contributed by atoms with E-state index < -0.39 is 15.9 Å². The number of amides is 1. The van der Waals surface area contributed by atoms with Crippen LogP contribution in [-0.4, -0.2) is 31.7 Å². The van der Waals surface area contributed by atoms with Crippen molar-refractivity contribution < 1.29 is 22.7 Å². The summed E-state index contributed by atoms with van der Waals surface area (Å²) in [7, 11) is -3.93. The Kier molecular flexibility index (Phi) is 5.90. The van der Waals surface area contributed by atoms with Gasteiger partial charge in [0.05, 0.1) is 11.3 Å². The van der Waals surface area contributed by atoms with Crippen molar-refractivity contribution >= 4 is 21.6 Å². The lowest BCUT2D eigenvalue weighted by Crippen LogP contribution is -2.31. The molecule has 1 amide bonds. The molecule has 0 aliphatic carbocycles. The first-order valence-corrected chi connectivity index (χ1v) is 11.8. The van der Waals surface area contributed by atoms with E-state index in [4.69, 9.17) is 9.47 Å². The Morgan fingerprint density at radius 2 is 1.62 bits per heavy atom. The van der Waals surface area contributed by atoms with E-state index in [1.807, 2.05) is 25.1 Å². The Bertz CT molecular complexity index is 1280. The molecule has 0 fully saturated rings. The molecule has 8 heteroatoms. The van der Waals surface area contributed by atoms with Crippen LogP contribution in [0.2, 0.25) is 0 Å². The van der Waals surface area contributed by atoms with Gasteiger partial charge in [0, 0.05) is 19.2 Å². The Labute approximate surface area is 187 Å². The molecule has 32 heavy (non-hydrogen) atoms.